The third kappa shape index (κ3) is 2.46. The largest absolute Gasteiger partial charge is 0.481 e. The molecule has 2 N–H and O–H groups in total. The molecule has 54 valence electrons. The Kier molecular flexibility index (Phi) is 3.24. The van der Waals surface area contributed by atoms with Gasteiger partial charge in [0.2, 0.25) is 0 Å². The Morgan fingerprint density at radius 1 is 1.56 bits per heavy atom. The van der Waals surface area contributed by atoms with Gasteiger partial charge in [-0.3, -0.25) is 4.79 Å². The summed E-state index contributed by atoms with van der Waals surface area (Å²) in [5.74, 6) is -1.45. The maximum Gasteiger partial charge on any atom is 0.306 e. The number of rotatable bonds is 3. The van der Waals surface area contributed by atoms with Crippen molar-refractivity contribution in [3.63, 3.8) is 0 Å². The van der Waals surface area contributed by atoms with Gasteiger partial charge in [-0.2, -0.15) is 0 Å². The highest BCUT2D eigenvalue weighted by molar-refractivity contribution is 5.69. The molecule has 0 aromatic rings. The fourth-order valence-electron chi connectivity index (χ4n) is 0.402. The molecule has 0 aliphatic carbocycles. The van der Waals surface area contributed by atoms with Gasteiger partial charge < -0.3 is 10.2 Å². The molecule has 2 atom stereocenters. The Labute approximate surface area is 54.3 Å². The van der Waals surface area contributed by atoms with Gasteiger partial charge in [-0.15, -0.1) is 0 Å². The topological polar surface area (TPSA) is 57.5 Å². The molecule has 0 heterocycles. The van der Waals surface area contributed by atoms with E-state index in [0.717, 1.165) is 0 Å². The van der Waals surface area contributed by atoms with Gasteiger partial charge in [0.1, 0.15) is 0 Å². The van der Waals surface area contributed by atoms with Crippen molar-refractivity contribution in [2.24, 2.45) is 11.8 Å². The van der Waals surface area contributed by atoms with Crippen molar-refractivity contribution in [1.29, 1.82) is 0 Å². The Hall–Kier alpha value is -0.570. The summed E-state index contributed by atoms with van der Waals surface area (Å²) in [7, 11) is 0. The Balaban J connectivity index is 3.72. The monoisotopic (exact) mass is 132 g/mol. The van der Waals surface area contributed by atoms with Gasteiger partial charge in [-0.05, 0) is 5.92 Å². The van der Waals surface area contributed by atoms with Crippen LogP contribution in [0.25, 0.3) is 0 Å². The second-order valence-electron chi connectivity index (χ2n) is 2.29. The summed E-state index contributed by atoms with van der Waals surface area (Å²) in [6.07, 6.45) is 0. The van der Waals surface area contributed by atoms with Crippen molar-refractivity contribution in [3.05, 3.63) is 0 Å². The lowest BCUT2D eigenvalue weighted by atomic mass is 9.97. The van der Waals surface area contributed by atoms with E-state index in [4.69, 9.17) is 10.2 Å². The van der Waals surface area contributed by atoms with Crippen LogP contribution >= 0.6 is 0 Å². The van der Waals surface area contributed by atoms with Crippen LogP contribution < -0.4 is 0 Å². The highest BCUT2D eigenvalue weighted by atomic mass is 16.4. The molecule has 3 heteroatoms. The third-order valence-electron chi connectivity index (χ3n) is 1.53. The summed E-state index contributed by atoms with van der Waals surface area (Å²) in [6.45, 7) is 3.23. The predicted octanol–water partition coefficient (Wildman–Crippen LogP) is 0.336. The van der Waals surface area contributed by atoms with E-state index < -0.39 is 11.9 Å². The first kappa shape index (κ1) is 8.43. The molecular weight excluding hydrogens is 120 g/mol. The first-order valence-corrected chi connectivity index (χ1v) is 2.93. The molecular formula is C6H12O3. The molecule has 9 heavy (non-hydrogen) atoms. The standard InChI is InChI=1S/C6H12O3/c1-4(3-7)5(2)6(8)9/h4-5,7H,3H2,1-2H3,(H,8,9)/t4-,5-/m1/s1. The average molecular weight is 132 g/mol. The van der Waals surface area contributed by atoms with Crippen molar-refractivity contribution < 1.29 is 15.0 Å². The highest BCUT2D eigenvalue weighted by Crippen LogP contribution is 2.08. The van der Waals surface area contributed by atoms with Crippen LogP contribution in [0.5, 0.6) is 0 Å². The van der Waals surface area contributed by atoms with Crippen molar-refractivity contribution in [3.8, 4) is 0 Å². The summed E-state index contributed by atoms with van der Waals surface area (Å²) in [5, 5.41) is 16.9. The van der Waals surface area contributed by atoms with Gasteiger partial charge in [0.15, 0.2) is 0 Å². The highest BCUT2D eigenvalue weighted by Gasteiger charge is 2.17. The van der Waals surface area contributed by atoms with E-state index in [0.29, 0.717) is 0 Å². The molecule has 0 aliphatic heterocycles. The summed E-state index contributed by atoms with van der Waals surface area (Å²) >= 11 is 0. The quantitative estimate of drug-likeness (QED) is 0.582. The number of carboxylic acid groups (broad SMARTS) is 1. The van der Waals surface area contributed by atoms with Crippen LogP contribution in [-0.4, -0.2) is 22.8 Å². The van der Waals surface area contributed by atoms with E-state index >= 15 is 0 Å². The van der Waals surface area contributed by atoms with E-state index in [9.17, 15) is 4.79 Å². The third-order valence-corrected chi connectivity index (χ3v) is 1.53. The molecule has 0 aromatic heterocycles. The summed E-state index contributed by atoms with van der Waals surface area (Å²) in [5.41, 5.74) is 0. The Bertz CT molecular complexity index is 100. The SMILES string of the molecule is C[C@H](CO)[C@@H](C)C(=O)O. The van der Waals surface area contributed by atoms with E-state index in [1.807, 2.05) is 0 Å². The summed E-state index contributed by atoms with van der Waals surface area (Å²) in [6, 6.07) is 0. The van der Waals surface area contributed by atoms with Gasteiger partial charge in [-0.25, -0.2) is 0 Å². The van der Waals surface area contributed by atoms with Crippen molar-refractivity contribution in [2.45, 2.75) is 13.8 Å². The molecule has 0 rings (SSSR count). The zero-order valence-corrected chi connectivity index (χ0v) is 5.66. The van der Waals surface area contributed by atoms with Crippen LogP contribution in [0.15, 0.2) is 0 Å². The zero-order chi connectivity index (χ0) is 7.44. The lowest BCUT2D eigenvalue weighted by molar-refractivity contribution is -0.143. The molecule has 0 saturated carbocycles. The van der Waals surface area contributed by atoms with Crippen LogP contribution in [-0.2, 0) is 4.79 Å². The Morgan fingerprint density at radius 3 is 2.11 bits per heavy atom. The minimum Gasteiger partial charge on any atom is -0.481 e. The molecule has 0 unspecified atom stereocenters. The number of aliphatic hydroxyl groups excluding tert-OH is 1. The number of carboxylic acids is 1. The van der Waals surface area contributed by atoms with Gasteiger partial charge in [0.05, 0.1) is 5.92 Å². The second kappa shape index (κ2) is 3.45. The molecule has 0 bridgehead atoms. The molecule has 0 saturated heterocycles. The molecule has 0 radical (unpaired) electrons. The van der Waals surface area contributed by atoms with Gasteiger partial charge in [0.25, 0.3) is 0 Å². The minimum atomic E-state index is -0.850. The summed E-state index contributed by atoms with van der Waals surface area (Å²) in [4.78, 5) is 10.2. The Morgan fingerprint density at radius 2 is 2.00 bits per heavy atom. The smallest absolute Gasteiger partial charge is 0.306 e. The second-order valence-corrected chi connectivity index (χ2v) is 2.29. The predicted molar refractivity (Wildman–Crippen MR) is 33.0 cm³/mol. The van der Waals surface area contributed by atoms with E-state index in [1.54, 1.807) is 13.8 Å². The first-order valence-electron chi connectivity index (χ1n) is 2.93. The van der Waals surface area contributed by atoms with Crippen molar-refractivity contribution in [2.75, 3.05) is 6.61 Å². The van der Waals surface area contributed by atoms with Crippen LogP contribution in [0, 0.1) is 11.8 Å². The molecule has 3 nitrogen and oxygen atoms in total. The maximum absolute atomic E-state index is 10.2. The molecule has 0 amide bonds. The van der Waals surface area contributed by atoms with E-state index in [2.05, 4.69) is 0 Å². The fraction of sp³-hybridized carbons (Fsp3) is 0.833. The maximum atomic E-state index is 10.2. The number of hydrogen-bond donors (Lipinski definition) is 2. The lowest BCUT2D eigenvalue weighted by Gasteiger charge is -2.11. The van der Waals surface area contributed by atoms with Crippen LogP contribution in [0.3, 0.4) is 0 Å². The average Bonchev–Trinajstić information content (AvgIpc) is 1.84. The number of hydrogen-bond acceptors (Lipinski definition) is 2. The van der Waals surface area contributed by atoms with Gasteiger partial charge >= 0.3 is 5.97 Å². The lowest BCUT2D eigenvalue weighted by Crippen LogP contribution is -2.20. The number of aliphatic carboxylic acids is 1. The first-order chi connectivity index (χ1) is 4.09. The van der Waals surface area contributed by atoms with E-state index in [-0.39, 0.29) is 12.5 Å². The zero-order valence-electron chi connectivity index (χ0n) is 5.66. The molecule has 0 aromatic carbocycles. The minimum absolute atomic E-state index is 0.0620. The normalized spacial score (nSPS) is 16.8. The number of aliphatic hydroxyl groups is 1. The van der Waals surface area contributed by atoms with Gasteiger partial charge in [0, 0.05) is 6.61 Å². The molecule has 0 spiro atoms. The molecule has 0 fully saturated rings. The van der Waals surface area contributed by atoms with Crippen molar-refractivity contribution in [1.82, 2.24) is 0 Å². The van der Waals surface area contributed by atoms with Gasteiger partial charge in [-0.1, -0.05) is 13.8 Å². The fourth-order valence-corrected chi connectivity index (χ4v) is 0.402. The van der Waals surface area contributed by atoms with Crippen LogP contribution in [0.4, 0.5) is 0 Å². The van der Waals surface area contributed by atoms with Crippen LogP contribution in [0.2, 0.25) is 0 Å². The van der Waals surface area contributed by atoms with Crippen molar-refractivity contribution >= 4 is 5.97 Å². The summed E-state index contributed by atoms with van der Waals surface area (Å²) < 4.78 is 0. The van der Waals surface area contributed by atoms with E-state index in [1.165, 1.54) is 0 Å². The van der Waals surface area contributed by atoms with Crippen LogP contribution in [0.1, 0.15) is 13.8 Å². The number of carbonyl (C=O) groups is 1. The molecule has 0 aliphatic rings.